The largest absolute Gasteiger partial charge is 0.490 e. The Morgan fingerprint density at radius 2 is 2.00 bits per heavy atom. The number of carbonyl (C=O) groups excluding carboxylic acids is 2. The molecule has 0 spiro atoms. The predicted molar refractivity (Wildman–Crippen MR) is 98.9 cm³/mol. The standard InChI is InChI=1S/C19H21FN4O4/c20-13-4-6-14(7-5-13)27-12-19(10-17(22)25)11-24(8-9-28-19)18(26)15-2-1-3-16(21)23-15/h1-7H,8-12H2,(H2,21,23)(H2,22,25). The first-order valence-corrected chi connectivity index (χ1v) is 8.69. The number of amides is 2. The van der Waals surface area contributed by atoms with Gasteiger partial charge in [-0.15, -0.1) is 0 Å². The molecule has 0 aliphatic carbocycles. The van der Waals surface area contributed by atoms with E-state index < -0.39 is 11.5 Å². The first-order chi connectivity index (χ1) is 13.4. The molecule has 1 aromatic carbocycles. The molecule has 1 aliphatic rings. The number of morpholine rings is 1. The molecular formula is C19H21FN4O4. The van der Waals surface area contributed by atoms with Crippen molar-refractivity contribution < 1.29 is 23.5 Å². The number of anilines is 1. The maximum atomic E-state index is 13.1. The number of aromatic nitrogens is 1. The summed E-state index contributed by atoms with van der Waals surface area (Å²) >= 11 is 0. The third-order valence-corrected chi connectivity index (χ3v) is 4.34. The van der Waals surface area contributed by atoms with Crippen LogP contribution >= 0.6 is 0 Å². The normalized spacial score (nSPS) is 19.2. The lowest BCUT2D eigenvalue weighted by Gasteiger charge is -2.41. The van der Waals surface area contributed by atoms with Gasteiger partial charge in [0.1, 0.15) is 35.3 Å². The van der Waals surface area contributed by atoms with Gasteiger partial charge in [-0.25, -0.2) is 9.37 Å². The highest BCUT2D eigenvalue weighted by atomic mass is 19.1. The minimum atomic E-state index is -1.12. The van der Waals surface area contributed by atoms with E-state index in [1.165, 1.54) is 29.2 Å². The van der Waals surface area contributed by atoms with E-state index in [9.17, 15) is 14.0 Å². The Hall–Kier alpha value is -3.20. The first kappa shape index (κ1) is 19.6. The third kappa shape index (κ3) is 4.74. The summed E-state index contributed by atoms with van der Waals surface area (Å²) in [5, 5.41) is 0. The van der Waals surface area contributed by atoms with Crippen LogP contribution in [0.25, 0.3) is 0 Å². The maximum absolute atomic E-state index is 13.1. The second-order valence-corrected chi connectivity index (χ2v) is 6.59. The molecule has 148 valence electrons. The quantitative estimate of drug-likeness (QED) is 0.761. The second-order valence-electron chi connectivity index (χ2n) is 6.59. The maximum Gasteiger partial charge on any atom is 0.272 e. The molecular weight excluding hydrogens is 367 g/mol. The number of hydrogen-bond acceptors (Lipinski definition) is 6. The van der Waals surface area contributed by atoms with Gasteiger partial charge in [0, 0.05) is 6.54 Å². The van der Waals surface area contributed by atoms with Crippen LogP contribution in [0.1, 0.15) is 16.9 Å². The smallest absolute Gasteiger partial charge is 0.272 e. The van der Waals surface area contributed by atoms with Crippen LogP contribution in [0, 0.1) is 5.82 Å². The van der Waals surface area contributed by atoms with E-state index in [4.69, 9.17) is 20.9 Å². The second kappa shape index (κ2) is 8.22. The van der Waals surface area contributed by atoms with E-state index in [-0.39, 0.29) is 49.4 Å². The fraction of sp³-hybridized carbons (Fsp3) is 0.316. The van der Waals surface area contributed by atoms with Crippen LogP contribution in [0.2, 0.25) is 0 Å². The van der Waals surface area contributed by atoms with Crippen LogP contribution in [-0.4, -0.2) is 53.6 Å². The Morgan fingerprint density at radius 1 is 1.25 bits per heavy atom. The van der Waals surface area contributed by atoms with Crippen LogP contribution in [-0.2, 0) is 9.53 Å². The van der Waals surface area contributed by atoms with Gasteiger partial charge in [-0.1, -0.05) is 6.07 Å². The van der Waals surface area contributed by atoms with Gasteiger partial charge in [0.15, 0.2) is 0 Å². The average molecular weight is 388 g/mol. The van der Waals surface area contributed by atoms with Gasteiger partial charge in [-0.3, -0.25) is 9.59 Å². The number of benzene rings is 1. The summed E-state index contributed by atoms with van der Waals surface area (Å²) in [6, 6.07) is 10.3. The van der Waals surface area contributed by atoms with E-state index in [0.717, 1.165) is 0 Å². The molecule has 2 amide bonds. The van der Waals surface area contributed by atoms with Gasteiger partial charge < -0.3 is 25.8 Å². The molecule has 0 radical (unpaired) electrons. The molecule has 3 rings (SSSR count). The SMILES string of the molecule is NC(=O)CC1(COc2ccc(F)cc2)CN(C(=O)c2cccc(N)n2)CCO1. The molecule has 1 saturated heterocycles. The molecule has 1 unspecified atom stereocenters. The number of primary amides is 1. The van der Waals surface area contributed by atoms with Crippen LogP contribution in [0.15, 0.2) is 42.5 Å². The number of pyridine rings is 1. The Bertz CT molecular complexity index is 861. The minimum absolute atomic E-state index is 0.0320. The van der Waals surface area contributed by atoms with Crippen molar-refractivity contribution in [2.75, 3.05) is 32.0 Å². The lowest BCUT2D eigenvalue weighted by Crippen LogP contribution is -2.58. The van der Waals surface area contributed by atoms with Crippen LogP contribution < -0.4 is 16.2 Å². The highest BCUT2D eigenvalue weighted by Crippen LogP contribution is 2.25. The molecule has 0 bridgehead atoms. The summed E-state index contributed by atoms with van der Waals surface area (Å²) in [4.78, 5) is 30.0. The molecule has 1 aromatic heterocycles. The summed E-state index contributed by atoms with van der Waals surface area (Å²) in [5.41, 5.74) is 10.1. The van der Waals surface area contributed by atoms with E-state index in [1.54, 1.807) is 18.2 Å². The van der Waals surface area contributed by atoms with Gasteiger partial charge >= 0.3 is 0 Å². The summed E-state index contributed by atoms with van der Waals surface area (Å²) in [7, 11) is 0. The van der Waals surface area contributed by atoms with E-state index >= 15 is 0 Å². The van der Waals surface area contributed by atoms with Crippen molar-refractivity contribution >= 4 is 17.6 Å². The number of carbonyl (C=O) groups is 2. The van der Waals surface area contributed by atoms with E-state index in [2.05, 4.69) is 4.98 Å². The molecule has 28 heavy (non-hydrogen) atoms. The lowest BCUT2D eigenvalue weighted by molar-refractivity contribution is -0.142. The molecule has 1 fully saturated rings. The summed E-state index contributed by atoms with van der Waals surface area (Å²) in [6.45, 7) is 0.586. The summed E-state index contributed by atoms with van der Waals surface area (Å²) in [6.07, 6.45) is -0.137. The van der Waals surface area contributed by atoms with Gasteiger partial charge in [-0.2, -0.15) is 0 Å². The van der Waals surface area contributed by atoms with Crippen LogP contribution in [0.5, 0.6) is 5.75 Å². The van der Waals surface area contributed by atoms with E-state index in [0.29, 0.717) is 12.3 Å². The average Bonchev–Trinajstić information content (AvgIpc) is 2.67. The number of nitrogens with two attached hydrogens (primary N) is 2. The molecule has 2 heterocycles. The van der Waals surface area contributed by atoms with E-state index in [1.807, 2.05) is 0 Å². The first-order valence-electron chi connectivity index (χ1n) is 8.69. The molecule has 4 N–H and O–H groups in total. The summed E-state index contributed by atoms with van der Waals surface area (Å²) in [5.74, 6) is -0.651. The van der Waals surface area contributed by atoms with Gasteiger partial charge in [-0.05, 0) is 36.4 Å². The zero-order valence-corrected chi connectivity index (χ0v) is 15.1. The molecule has 1 atom stereocenters. The van der Waals surface area contributed by atoms with Gasteiger partial charge in [0.05, 0.1) is 19.6 Å². The van der Waals surface area contributed by atoms with Crippen molar-refractivity contribution in [3.8, 4) is 5.75 Å². The molecule has 0 saturated carbocycles. The number of rotatable bonds is 6. The molecule has 2 aromatic rings. The minimum Gasteiger partial charge on any atom is -0.490 e. The number of nitrogen functional groups attached to an aromatic ring is 1. The molecule has 1 aliphatic heterocycles. The Morgan fingerprint density at radius 3 is 2.68 bits per heavy atom. The Labute approximate surface area is 161 Å². The van der Waals surface area contributed by atoms with Gasteiger partial charge in [0.2, 0.25) is 5.91 Å². The topological polar surface area (TPSA) is 121 Å². The zero-order chi connectivity index (χ0) is 20.1. The third-order valence-electron chi connectivity index (χ3n) is 4.34. The lowest BCUT2D eigenvalue weighted by atomic mass is 9.97. The van der Waals surface area contributed by atoms with Crippen molar-refractivity contribution in [1.29, 1.82) is 0 Å². The highest BCUT2D eigenvalue weighted by molar-refractivity contribution is 5.92. The summed E-state index contributed by atoms with van der Waals surface area (Å²) < 4.78 is 24.6. The van der Waals surface area contributed by atoms with Crippen molar-refractivity contribution in [2.45, 2.75) is 12.0 Å². The monoisotopic (exact) mass is 388 g/mol. The molecule has 8 nitrogen and oxygen atoms in total. The van der Waals surface area contributed by atoms with Crippen molar-refractivity contribution in [3.05, 3.63) is 54.0 Å². The fourth-order valence-electron chi connectivity index (χ4n) is 3.06. The van der Waals surface area contributed by atoms with Gasteiger partial charge in [0.25, 0.3) is 5.91 Å². The number of ether oxygens (including phenoxy) is 2. The zero-order valence-electron chi connectivity index (χ0n) is 15.1. The molecule has 9 heteroatoms. The number of halogens is 1. The fourth-order valence-corrected chi connectivity index (χ4v) is 3.06. The number of hydrogen-bond donors (Lipinski definition) is 2. The van der Waals surface area contributed by atoms with Crippen molar-refractivity contribution in [3.63, 3.8) is 0 Å². The van der Waals surface area contributed by atoms with Crippen molar-refractivity contribution in [1.82, 2.24) is 9.88 Å². The predicted octanol–water partition coefficient (Wildman–Crippen LogP) is 0.968. The highest BCUT2D eigenvalue weighted by Gasteiger charge is 2.41. The number of nitrogens with zero attached hydrogens (tertiary/aromatic N) is 2. The Balaban J connectivity index is 1.76. The van der Waals surface area contributed by atoms with Crippen LogP contribution in [0.3, 0.4) is 0 Å². The Kier molecular flexibility index (Phi) is 5.74. The van der Waals surface area contributed by atoms with Crippen LogP contribution in [0.4, 0.5) is 10.2 Å². The van der Waals surface area contributed by atoms with Crippen molar-refractivity contribution in [2.24, 2.45) is 5.73 Å².